The van der Waals surface area contributed by atoms with Crippen molar-refractivity contribution >= 4 is 37.2 Å². The van der Waals surface area contributed by atoms with Gasteiger partial charge < -0.3 is 0 Å². The summed E-state index contributed by atoms with van der Waals surface area (Å²) in [6, 6.07) is 0. The van der Waals surface area contributed by atoms with Gasteiger partial charge in [-0.1, -0.05) is 0 Å². The van der Waals surface area contributed by atoms with E-state index in [1.54, 1.807) is 18.7 Å². The van der Waals surface area contributed by atoms with E-state index >= 15 is 0 Å². The molecule has 0 fully saturated rings. The van der Waals surface area contributed by atoms with Gasteiger partial charge in [-0.15, -0.1) is 0 Å². The van der Waals surface area contributed by atoms with Gasteiger partial charge in [0, 0.05) is 0 Å². The molecule has 0 saturated heterocycles. The van der Waals surface area contributed by atoms with E-state index in [2.05, 4.69) is 4.98 Å². The topological polar surface area (TPSA) is 61.8 Å². The Kier molecular flexibility index (Phi) is 2.09. The molecule has 2 heterocycles. The summed E-state index contributed by atoms with van der Waals surface area (Å²) >= 11 is 0.172. The van der Waals surface area contributed by atoms with Gasteiger partial charge in [-0.05, 0) is 0 Å². The van der Waals surface area contributed by atoms with Crippen LogP contribution in [0.2, 0.25) is 0 Å². The van der Waals surface area contributed by atoms with Crippen molar-refractivity contribution in [3.8, 4) is 0 Å². The molecule has 0 aliphatic heterocycles. The normalized spacial score (nSPS) is 11.1. The van der Waals surface area contributed by atoms with E-state index in [1.807, 2.05) is 0 Å². The third-order valence-electron chi connectivity index (χ3n) is 2.15. The van der Waals surface area contributed by atoms with Gasteiger partial charge >= 0.3 is 95.0 Å². The first kappa shape index (κ1) is 9.62. The van der Waals surface area contributed by atoms with Gasteiger partial charge in [0.05, 0.1) is 0 Å². The Bertz CT molecular complexity index is 621. The number of aromatic nitrogens is 4. The van der Waals surface area contributed by atoms with Crippen molar-refractivity contribution in [2.45, 2.75) is 0 Å². The summed E-state index contributed by atoms with van der Waals surface area (Å²) in [6.45, 7) is 0. The first-order valence-corrected chi connectivity index (χ1v) is 5.93. The van der Waals surface area contributed by atoms with Crippen LogP contribution < -0.4 is 11.2 Å². The van der Waals surface area contributed by atoms with Gasteiger partial charge in [-0.25, -0.2) is 0 Å². The summed E-state index contributed by atoms with van der Waals surface area (Å²) < 4.78 is 4.27. The fraction of sp³-hybridized carbons (Fsp3) is 0.286. The third kappa shape index (κ3) is 1.09. The monoisotopic (exact) mass is 388 g/mol. The molecule has 7 heteroatoms. The summed E-state index contributed by atoms with van der Waals surface area (Å²) in [5.41, 5.74) is 0.397. The second kappa shape index (κ2) is 3.04. The van der Waals surface area contributed by atoms with Gasteiger partial charge in [0.25, 0.3) is 0 Å². The molecule has 0 bridgehead atoms. The number of imidazole rings is 1. The maximum absolute atomic E-state index is 11.7. The van der Waals surface area contributed by atoms with Gasteiger partial charge in [0.1, 0.15) is 0 Å². The van der Waals surface area contributed by atoms with Crippen LogP contribution >= 0.6 is 0 Å². The van der Waals surface area contributed by atoms with Crippen LogP contribution in [-0.4, -0.2) is 42.6 Å². The average Bonchev–Trinajstić information content (AvgIpc) is 2.54. The number of rotatable bonds is 0. The Balaban J connectivity index is 3.22. The summed E-state index contributed by atoms with van der Waals surface area (Å²) in [6.07, 6.45) is 1.54. The van der Waals surface area contributed by atoms with Crippen LogP contribution in [0.5, 0.6) is 0 Å². The van der Waals surface area contributed by atoms with E-state index in [-0.39, 0.29) is 37.3 Å². The molecule has 0 atom stereocenters. The van der Waals surface area contributed by atoms with Crippen LogP contribution in [0.15, 0.2) is 15.9 Å². The molecule has 0 aliphatic rings. The first-order chi connectivity index (χ1) is 6.54. The van der Waals surface area contributed by atoms with E-state index in [4.69, 9.17) is 0 Å². The van der Waals surface area contributed by atoms with Gasteiger partial charge in [0.2, 0.25) is 0 Å². The van der Waals surface area contributed by atoms with E-state index in [1.165, 1.54) is 13.3 Å². The summed E-state index contributed by atoms with van der Waals surface area (Å²) in [5.74, 6) is 0. The minimum atomic E-state index is -0.286. The van der Waals surface area contributed by atoms with Crippen molar-refractivity contribution in [2.24, 2.45) is 14.1 Å². The molecule has 2 radical (unpaired) electrons. The molecule has 0 amide bonds. The second-order valence-electron chi connectivity index (χ2n) is 3.04. The SMILES string of the molecule is Cn1cnc2c1c(=O)[n]([PbH])c(=O)n2C. The van der Waals surface area contributed by atoms with Crippen molar-refractivity contribution < 1.29 is 0 Å². The van der Waals surface area contributed by atoms with E-state index in [9.17, 15) is 9.59 Å². The van der Waals surface area contributed by atoms with Crippen LogP contribution in [-0.2, 0) is 14.1 Å². The predicted octanol–water partition coefficient (Wildman–Crippen LogP) is -1.90. The molecular formula is C7H8N4O2Pb. The molecule has 6 nitrogen and oxygen atoms in total. The zero-order valence-corrected chi connectivity index (χ0v) is 12.2. The van der Waals surface area contributed by atoms with Crippen LogP contribution in [0.25, 0.3) is 11.2 Å². The van der Waals surface area contributed by atoms with Crippen LogP contribution in [0, 0.1) is 0 Å². The van der Waals surface area contributed by atoms with Crippen molar-refractivity contribution in [3.63, 3.8) is 0 Å². The van der Waals surface area contributed by atoms with Gasteiger partial charge in [-0.3, -0.25) is 0 Å². The minimum absolute atomic E-state index is 0.172. The molecule has 0 aromatic carbocycles. The summed E-state index contributed by atoms with van der Waals surface area (Å²) in [5, 5.41) is 0. The van der Waals surface area contributed by atoms with Crippen LogP contribution in [0.1, 0.15) is 0 Å². The van der Waals surface area contributed by atoms with Gasteiger partial charge in [0.15, 0.2) is 0 Å². The molecular weight excluding hydrogens is 379 g/mol. The van der Waals surface area contributed by atoms with Crippen LogP contribution in [0.4, 0.5) is 0 Å². The molecule has 2 aromatic heterocycles. The molecule has 0 aliphatic carbocycles. The van der Waals surface area contributed by atoms with E-state index in [0.717, 1.165) is 0 Å². The molecule has 0 spiro atoms. The second-order valence-corrected chi connectivity index (χ2v) is 5.05. The van der Waals surface area contributed by atoms with Crippen molar-refractivity contribution in [2.75, 3.05) is 0 Å². The zero-order valence-electron chi connectivity index (χ0n) is 7.76. The quantitative estimate of drug-likeness (QED) is 0.496. The van der Waals surface area contributed by atoms with E-state index in [0.29, 0.717) is 11.2 Å². The Labute approximate surface area is 94.9 Å². The van der Waals surface area contributed by atoms with Crippen LogP contribution in [0.3, 0.4) is 0 Å². The fourth-order valence-electron chi connectivity index (χ4n) is 1.36. The molecule has 14 heavy (non-hydrogen) atoms. The number of aryl methyl sites for hydroxylation is 2. The maximum atomic E-state index is 11.7. The third-order valence-corrected chi connectivity index (χ3v) is 3.92. The molecule has 72 valence electrons. The van der Waals surface area contributed by atoms with Crippen molar-refractivity contribution in [1.82, 2.24) is 16.5 Å². The Morgan fingerprint density at radius 3 is 2.64 bits per heavy atom. The molecule has 0 saturated carbocycles. The van der Waals surface area contributed by atoms with Crippen molar-refractivity contribution in [1.29, 1.82) is 0 Å². The molecule has 0 unspecified atom stereocenters. The molecule has 2 aromatic rings. The standard InChI is InChI=1S/C7H8N4O2.Pb.H/c1-10-3-8-5-4(10)6(12)9-7(13)11(5)2;;/h3H,1-2H3,(H,9,12,13);;/q;+1;/p-1. The Morgan fingerprint density at radius 1 is 1.36 bits per heavy atom. The Morgan fingerprint density at radius 2 is 2.00 bits per heavy atom. The zero-order chi connectivity index (χ0) is 10.5. The summed E-state index contributed by atoms with van der Waals surface area (Å²) in [4.78, 5) is 27.3. The predicted molar refractivity (Wildman–Crippen MR) is 52.8 cm³/mol. The fourth-order valence-corrected chi connectivity index (χ4v) is 2.51. The number of nitrogens with zero attached hydrogens (tertiary/aromatic N) is 4. The molecule has 2 rings (SSSR count). The van der Waals surface area contributed by atoms with Crippen molar-refractivity contribution in [3.05, 3.63) is 27.2 Å². The Hall–Kier alpha value is -0.928. The number of hydrogen-bond donors (Lipinski definition) is 0. The number of hydrogen-bond acceptors (Lipinski definition) is 3. The van der Waals surface area contributed by atoms with E-state index < -0.39 is 0 Å². The first-order valence-electron chi connectivity index (χ1n) is 3.92. The van der Waals surface area contributed by atoms with Gasteiger partial charge in [-0.2, -0.15) is 0 Å². The summed E-state index contributed by atoms with van der Waals surface area (Å²) in [7, 11) is 3.36. The average molecular weight is 387 g/mol. The molecule has 0 N–H and O–H groups in total. The number of fused-ring (bicyclic) bond motifs is 1.